The van der Waals surface area contributed by atoms with E-state index in [0.717, 1.165) is 19.6 Å². The molecule has 0 spiro atoms. The van der Waals surface area contributed by atoms with Crippen LogP contribution in [-0.2, 0) is 6.54 Å². The standard InChI is InChI=1S/C21H23N3O3/c1-26-19-8-7-18(13-20(19)27-2)21(25)24-11-9-23(10-12-24)15-17-5-3-16(14-22)4-6-17/h3-8,13H,9-12,15H2,1-2H3. The van der Waals surface area contributed by atoms with Gasteiger partial charge in [0.25, 0.3) is 5.91 Å². The third kappa shape index (κ3) is 4.39. The van der Waals surface area contributed by atoms with Gasteiger partial charge in [0.2, 0.25) is 0 Å². The zero-order valence-electron chi connectivity index (χ0n) is 15.6. The fraction of sp³-hybridized carbons (Fsp3) is 0.333. The van der Waals surface area contributed by atoms with Crippen LogP contribution in [0.2, 0.25) is 0 Å². The largest absolute Gasteiger partial charge is 0.493 e. The van der Waals surface area contributed by atoms with Crippen LogP contribution < -0.4 is 9.47 Å². The molecule has 0 saturated carbocycles. The van der Waals surface area contributed by atoms with Gasteiger partial charge in [-0.25, -0.2) is 0 Å². The topological polar surface area (TPSA) is 65.8 Å². The van der Waals surface area contributed by atoms with Crippen LogP contribution in [0.5, 0.6) is 11.5 Å². The molecule has 2 aromatic rings. The molecule has 6 nitrogen and oxygen atoms in total. The lowest BCUT2D eigenvalue weighted by Gasteiger charge is -2.34. The molecule has 0 N–H and O–H groups in total. The highest BCUT2D eigenvalue weighted by Gasteiger charge is 2.23. The third-order valence-electron chi connectivity index (χ3n) is 4.78. The molecule has 0 atom stereocenters. The molecule has 0 aliphatic carbocycles. The molecule has 140 valence electrons. The van der Waals surface area contributed by atoms with Crippen LogP contribution in [0.3, 0.4) is 0 Å². The number of amides is 1. The number of rotatable bonds is 5. The molecule has 6 heteroatoms. The van der Waals surface area contributed by atoms with Gasteiger partial charge in [-0.3, -0.25) is 9.69 Å². The first kappa shape index (κ1) is 18.7. The zero-order valence-corrected chi connectivity index (χ0v) is 15.6. The monoisotopic (exact) mass is 365 g/mol. The molecule has 3 rings (SSSR count). The van der Waals surface area contributed by atoms with E-state index < -0.39 is 0 Å². The predicted octanol–water partition coefficient (Wildman–Crippen LogP) is 2.53. The first-order valence-electron chi connectivity index (χ1n) is 8.87. The average Bonchev–Trinajstić information content (AvgIpc) is 2.73. The summed E-state index contributed by atoms with van der Waals surface area (Å²) in [5.41, 5.74) is 2.45. The van der Waals surface area contributed by atoms with Crippen molar-refractivity contribution < 1.29 is 14.3 Å². The normalized spacial score (nSPS) is 14.5. The highest BCUT2D eigenvalue weighted by Crippen LogP contribution is 2.28. The van der Waals surface area contributed by atoms with Gasteiger partial charge in [-0.1, -0.05) is 12.1 Å². The predicted molar refractivity (Wildman–Crippen MR) is 102 cm³/mol. The van der Waals surface area contributed by atoms with Gasteiger partial charge in [0.05, 0.1) is 25.9 Å². The molecule has 1 aliphatic rings. The van der Waals surface area contributed by atoms with Crippen molar-refractivity contribution in [2.75, 3.05) is 40.4 Å². The molecule has 27 heavy (non-hydrogen) atoms. The van der Waals surface area contributed by atoms with Crippen molar-refractivity contribution in [3.63, 3.8) is 0 Å². The summed E-state index contributed by atoms with van der Waals surface area (Å²) in [6.45, 7) is 3.83. The molecule has 1 saturated heterocycles. The smallest absolute Gasteiger partial charge is 0.254 e. The number of nitriles is 1. The van der Waals surface area contributed by atoms with Gasteiger partial charge >= 0.3 is 0 Å². The minimum atomic E-state index is 0.00831. The Bertz CT molecular complexity index is 835. The Morgan fingerprint density at radius 1 is 1.00 bits per heavy atom. The molecule has 1 fully saturated rings. The van der Waals surface area contributed by atoms with E-state index >= 15 is 0 Å². The van der Waals surface area contributed by atoms with E-state index in [2.05, 4.69) is 11.0 Å². The Hall–Kier alpha value is -3.04. The van der Waals surface area contributed by atoms with Crippen molar-refractivity contribution >= 4 is 5.91 Å². The molecule has 2 aromatic carbocycles. The number of ether oxygens (including phenoxy) is 2. The number of carbonyl (C=O) groups excluding carboxylic acids is 1. The molecule has 0 radical (unpaired) electrons. The van der Waals surface area contributed by atoms with Crippen LogP contribution in [0.4, 0.5) is 0 Å². The van der Waals surface area contributed by atoms with Crippen molar-refractivity contribution in [2.24, 2.45) is 0 Å². The van der Waals surface area contributed by atoms with Crippen molar-refractivity contribution in [1.29, 1.82) is 5.26 Å². The minimum absolute atomic E-state index is 0.00831. The Morgan fingerprint density at radius 2 is 1.67 bits per heavy atom. The number of carbonyl (C=O) groups is 1. The van der Waals surface area contributed by atoms with Gasteiger partial charge in [-0.15, -0.1) is 0 Å². The van der Waals surface area contributed by atoms with Crippen LogP contribution >= 0.6 is 0 Å². The molecule has 0 aromatic heterocycles. The molecular weight excluding hydrogens is 342 g/mol. The summed E-state index contributed by atoms with van der Waals surface area (Å²) in [5.74, 6) is 1.18. The summed E-state index contributed by atoms with van der Waals surface area (Å²) in [6, 6.07) is 15.0. The van der Waals surface area contributed by atoms with E-state index in [9.17, 15) is 4.79 Å². The lowest BCUT2D eigenvalue weighted by atomic mass is 10.1. The molecule has 0 bridgehead atoms. The van der Waals surface area contributed by atoms with Crippen molar-refractivity contribution in [3.8, 4) is 17.6 Å². The van der Waals surface area contributed by atoms with Gasteiger partial charge in [-0.2, -0.15) is 5.26 Å². The molecule has 1 amide bonds. The summed E-state index contributed by atoms with van der Waals surface area (Å²) < 4.78 is 10.5. The van der Waals surface area contributed by atoms with Gasteiger partial charge in [-0.05, 0) is 35.9 Å². The maximum Gasteiger partial charge on any atom is 0.254 e. The van der Waals surface area contributed by atoms with Crippen molar-refractivity contribution in [3.05, 3.63) is 59.2 Å². The van der Waals surface area contributed by atoms with Crippen LogP contribution in [0.25, 0.3) is 0 Å². The SMILES string of the molecule is COc1ccc(C(=O)N2CCN(Cc3ccc(C#N)cc3)CC2)cc1OC. The van der Waals surface area contributed by atoms with Crippen LogP contribution in [0, 0.1) is 11.3 Å². The minimum Gasteiger partial charge on any atom is -0.493 e. The molecule has 1 aliphatic heterocycles. The molecule has 1 heterocycles. The number of benzene rings is 2. The third-order valence-corrected chi connectivity index (χ3v) is 4.78. The fourth-order valence-corrected chi connectivity index (χ4v) is 3.20. The first-order chi connectivity index (χ1) is 13.1. The van der Waals surface area contributed by atoms with E-state index in [4.69, 9.17) is 14.7 Å². The summed E-state index contributed by atoms with van der Waals surface area (Å²) in [6.07, 6.45) is 0. The Morgan fingerprint density at radius 3 is 2.26 bits per heavy atom. The summed E-state index contributed by atoms with van der Waals surface area (Å²) in [7, 11) is 3.14. The van der Waals surface area contributed by atoms with E-state index in [0.29, 0.717) is 35.7 Å². The summed E-state index contributed by atoms with van der Waals surface area (Å²) in [4.78, 5) is 17.0. The van der Waals surface area contributed by atoms with Crippen LogP contribution in [0.1, 0.15) is 21.5 Å². The quantitative estimate of drug-likeness (QED) is 0.815. The molecule has 0 unspecified atom stereocenters. The number of methoxy groups -OCH3 is 2. The fourth-order valence-electron chi connectivity index (χ4n) is 3.20. The van der Waals surface area contributed by atoms with Gasteiger partial charge in [0, 0.05) is 38.3 Å². The highest BCUT2D eigenvalue weighted by atomic mass is 16.5. The first-order valence-corrected chi connectivity index (χ1v) is 8.87. The van der Waals surface area contributed by atoms with E-state index in [1.54, 1.807) is 32.4 Å². The summed E-state index contributed by atoms with van der Waals surface area (Å²) >= 11 is 0. The van der Waals surface area contributed by atoms with E-state index in [1.807, 2.05) is 29.2 Å². The summed E-state index contributed by atoms with van der Waals surface area (Å²) in [5, 5.41) is 8.87. The Balaban J connectivity index is 1.58. The second-order valence-electron chi connectivity index (χ2n) is 6.45. The van der Waals surface area contributed by atoms with Crippen LogP contribution in [-0.4, -0.2) is 56.1 Å². The van der Waals surface area contributed by atoms with E-state index in [-0.39, 0.29) is 5.91 Å². The Kier molecular flexibility index (Phi) is 5.94. The van der Waals surface area contributed by atoms with Gasteiger partial charge < -0.3 is 14.4 Å². The number of nitrogens with zero attached hydrogens (tertiary/aromatic N) is 3. The second kappa shape index (κ2) is 8.56. The second-order valence-corrected chi connectivity index (χ2v) is 6.45. The van der Waals surface area contributed by atoms with E-state index in [1.165, 1.54) is 5.56 Å². The molecular formula is C21H23N3O3. The zero-order chi connectivity index (χ0) is 19.2. The maximum atomic E-state index is 12.8. The maximum absolute atomic E-state index is 12.8. The lowest BCUT2D eigenvalue weighted by Crippen LogP contribution is -2.48. The van der Waals surface area contributed by atoms with Gasteiger partial charge in [0.15, 0.2) is 11.5 Å². The van der Waals surface area contributed by atoms with Gasteiger partial charge in [0.1, 0.15) is 0 Å². The number of piperazine rings is 1. The van der Waals surface area contributed by atoms with Crippen molar-refractivity contribution in [1.82, 2.24) is 9.80 Å². The number of hydrogen-bond acceptors (Lipinski definition) is 5. The van der Waals surface area contributed by atoms with Crippen LogP contribution in [0.15, 0.2) is 42.5 Å². The lowest BCUT2D eigenvalue weighted by molar-refractivity contribution is 0.0628. The number of hydrogen-bond donors (Lipinski definition) is 0. The van der Waals surface area contributed by atoms with Crippen molar-refractivity contribution in [2.45, 2.75) is 6.54 Å². The Labute approximate surface area is 159 Å². The highest BCUT2D eigenvalue weighted by molar-refractivity contribution is 5.95. The average molecular weight is 365 g/mol.